The van der Waals surface area contributed by atoms with Gasteiger partial charge in [0.1, 0.15) is 0 Å². The van der Waals surface area contributed by atoms with Gasteiger partial charge >= 0.3 is 5.97 Å². The maximum Gasteiger partial charge on any atom is 0.355 e. The zero-order valence-electron chi connectivity index (χ0n) is 7.79. The van der Waals surface area contributed by atoms with Crippen molar-refractivity contribution in [2.75, 3.05) is 0 Å². The van der Waals surface area contributed by atoms with E-state index in [9.17, 15) is 4.79 Å². The summed E-state index contributed by atoms with van der Waals surface area (Å²) in [5, 5.41) is 8.94. The van der Waals surface area contributed by atoms with Crippen LogP contribution in [-0.2, 0) is 0 Å². The number of nitrogens with zero attached hydrogens (tertiary/aromatic N) is 2. The van der Waals surface area contributed by atoms with Gasteiger partial charge in [-0.3, -0.25) is 4.98 Å². The van der Waals surface area contributed by atoms with Crippen molar-refractivity contribution in [1.29, 1.82) is 0 Å². The number of pyridine rings is 2. The lowest BCUT2D eigenvalue weighted by Crippen LogP contribution is -2.02. The van der Waals surface area contributed by atoms with Gasteiger partial charge in [-0.25, -0.2) is 9.78 Å². The number of carboxylic acids is 1. The summed E-state index contributed by atoms with van der Waals surface area (Å²) in [5.41, 5.74) is 1.17. The molecule has 2 rings (SSSR count). The zero-order valence-corrected chi connectivity index (χ0v) is 7.79. The smallest absolute Gasteiger partial charge is 0.355 e. The monoisotopic (exact) mass is 200 g/mol. The topological polar surface area (TPSA) is 63.1 Å². The number of hydrogen-bond donors (Lipinski definition) is 1. The van der Waals surface area contributed by atoms with Gasteiger partial charge in [-0.15, -0.1) is 0 Å². The van der Waals surface area contributed by atoms with E-state index in [0.29, 0.717) is 11.3 Å². The number of hydrogen-bond acceptors (Lipinski definition) is 3. The predicted molar refractivity (Wildman–Crippen MR) is 54.4 cm³/mol. The molecule has 0 aliphatic heterocycles. The number of rotatable bonds is 2. The largest absolute Gasteiger partial charge is 0.476 e. The molecule has 0 aliphatic carbocycles. The first-order valence-corrected chi connectivity index (χ1v) is 4.39. The van der Waals surface area contributed by atoms with Crippen LogP contribution in [0.25, 0.3) is 11.3 Å². The molecule has 0 amide bonds. The van der Waals surface area contributed by atoms with Gasteiger partial charge in [0.15, 0.2) is 5.69 Å². The van der Waals surface area contributed by atoms with Crippen LogP contribution in [0, 0.1) is 0 Å². The molecular weight excluding hydrogens is 192 g/mol. The van der Waals surface area contributed by atoms with Crippen LogP contribution in [0.4, 0.5) is 0 Å². The van der Waals surface area contributed by atoms with Crippen molar-refractivity contribution in [2.24, 2.45) is 0 Å². The average Bonchev–Trinajstić information content (AvgIpc) is 2.30. The van der Waals surface area contributed by atoms with Gasteiger partial charge in [0, 0.05) is 18.0 Å². The lowest BCUT2D eigenvalue weighted by molar-refractivity contribution is 0.0691. The summed E-state index contributed by atoms with van der Waals surface area (Å²) >= 11 is 0. The van der Waals surface area contributed by atoms with Crippen molar-refractivity contribution in [2.45, 2.75) is 0 Å². The lowest BCUT2D eigenvalue weighted by atomic mass is 10.1. The van der Waals surface area contributed by atoms with Crippen LogP contribution in [0.3, 0.4) is 0 Å². The number of aromatic nitrogens is 2. The Morgan fingerprint density at radius 2 is 1.87 bits per heavy atom. The molecule has 0 fully saturated rings. The summed E-state index contributed by atoms with van der Waals surface area (Å²) in [4.78, 5) is 18.8. The Morgan fingerprint density at radius 1 is 1.07 bits per heavy atom. The van der Waals surface area contributed by atoms with Crippen molar-refractivity contribution in [3.8, 4) is 11.3 Å². The SMILES string of the molecule is O=C(O)c1ncccc1-c1ccccn1. The van der Waals surface area contributed by atoms with E-state index < -0.39 is 5.97 Å². The molecule has 2 aromatic rings. The van der Waals surface area contributed by atoms with Gasteiger partial charge < -0.3 is 5.11 Å². The first-order chi connectivity index (χ1) is 7.29. The summed E-state index contributed by atoms with van der Waals surface area (Å²) in [6.07, 6.45) is 3.07. The summed E-state index contributed by atoms with van der Waals surface area (Å²) in [5.74, 6) is -1.05. The fourth-order valence-electron chi connectivity index (χ4n) is 1.30. The Labute approximate surface area is 86.2 Å². The van der Waals surface area contributed by atoms with Crippen molar-refractivity contribution in [3.63, 3.8) is 0 Å². The Hall–Kier alpha value is -2.23. The van der Waals surface area contributed by atoms with Crippen LogP contribution in [0.15, 0.2) is 42.7 Å². The molecule has 4 heteroatoms. The Balaban J connectivity index is 2.58. The molecule has 2 heterocycles. The maximum atomic E-state index is 10.9. The van der Waals surface area contributed by atoms with Crippen molar-refractivity contribution < 1.29 is 9.90 Å². The molecule has 1 N–H and O–H groups in total. The molecule has 74 valence electrons. The standard InChI is InChI=1S/C11H8N2O2/c14-11(15)10-8(4-3-7-13-10)9-5-1-2-6-12-9/h1-7H,(H,14,15). The van der Waals surface area contributed by atoms with E-state index in [-0.39, 0.29) is 5.69 Å². The highest BCUT2D eigenvalue weighted by molar-refractivity contribution is 5.93. The first kappa shape index (κ1) is 9.33. The number of aromatic carboxylic acids is 1. The van der Waals surface area contributed by atoms with Gasteiger partial charge in [-0.05, 0) is 24.3 Å². The molecule has 0 saturated heterocycles. The van der Waals surface area contributed by atoms with Gasteiger partial charge in [0.05, 0.1) is 5.69 Å². The summed E-state index contributed by atoms with van der Waals surface area (Å²) < 4.78 is 0. The third kappa shape index (κ3) is 1.83. The van der Waals surface area contributed by atoms with Crippen molar-refractivity contribution >= 4 is 5.97 Å². The van der Waals surface area contributed by atoms with Crippen molar-refractivity contribution in [3.05, 3.63) is 48.4 Å². The molecule has 15 heavy (non-hydrogen) atoms. The lowest BCUT2D eigenvalue weighted by Gasteiger charge is -2.02. The van der Waals surface area contributed by atoms with Crippen LogP contribution in [0.2, 0.25) is 0 Å². The van der Waals surface area contributed by atoms with Crippen LogP contribution in [0.5, 0.6) is 0 Å². The molecule has 0 atom stereocenters. The molecule has 2 aromatic heterocycles. The van der Waals surface area contributed by atoms with Crippen LogP contribution < -0.4 is 0 Å². The highest BCUT2D eigenvalue weighted by atomic mass is 16.4. The second-order valence-corrected chi connectivity index (χ2v) is 2.92. The normalized spacial score (nSPS) is 9.87. The van der Waals surface area contributed by atoms with E-state index in [4.69, 9.17) is 5.11 Å². The van der Waals surface area contributed by atoms with E-state index >= 15 is 0 Å². The van der Waals surface area contributed by atoms with E-state index in [1.807, 2.05) is 0 Å². The fourth-order valence-corrected chi connectivity index (χ4v) is 1.30. The molecule has 0 aliphatic rings. The summed E-state index contributed by atoms with van der Waals surface area (Å²) in [6.45, 7) is 0. The molecule has 0 unspecified atom stereocenters. The Bertz CT molecular complexity index is 483. The van der Waals surface area contributed by atoms with Crippen LogP contribution in [-0.4, -0.2) is 21.0 Å². The van der Waals surface area contributed by atoms with Crippen molar-refractivity contribution in [1.82, 2.24) is 9.97 Å². The highest BCUT2D eigenvalue weighted by Crippen LogP contribution is 2.18. The molecule has 4 nitrogen and oxygen atoms in total. The molecule has 0 aromatic carbocycles. The molecule has 0 radical (unpaired) electrons. The second-order valence-electron chi connectivity index (χ2n) is 2.92. The maximum absolute atomic E-state index is 10.9. The van der Waals surface area contributed by atoms with Gasteiger partial charge in [0.25, 0.3) is 0 Å². The average molecular weight is 200 g/mol. The van der Waals surface area contributed by atoms with E-state index in [1.54, 1.807) is 36.5 Å². The molecule has 0 bridgehead atoms. The third-order valence-corrected chi connectivity index (χ3v) is 1.95. The first-order valence-electron chi connectivity index (χ1n) is 4.39. The van der Waals surface area contributed by atoms with E-state index in [2.05, 4.69) is 9.97 Å². The van der Waals surface area contributed by atoms with Crippen LogP contribution >= 0.6 is 0 Å². The van der Waals surface area contributed by atoms with Gasteiger partial charge in [-0.2, -0.15) is 0 Å². The third-order valence-electron chi connectivity index (χ3n) is 1.95. The minimum absolute atomic E-state index is 0.0243. The zero-order chi connectivity index (χ0) is 10.7. The molecule has 0 saturated carbocycles. The number of carbonyl (C=O) groups is 1. The fraction of sp³-hybridized carbons (Fsp3) is 0. The summed E-state index contributed by atoms with van der Waals surface area (Å²) in [6, 6.07) is 8.72. The van der Waals surface area contributed by atoms with Crippen LogP contribution in [0.1, 0.15) is 10.5 Å². The summed E-state index contributed by atoms with van der Waals surface area (Å²) in [7, 11) is 0. The molecular formula is C11H8N2O2. The predicted octanol–water partition coefficient (Wildman–Crippen LogP) is 1.84. The number of carboxylic acid groups (broad SMARTS) is 1. The minimum Gasteiger partial charge on any atom is -0.476 e. The van der Waals surface area contributed by atoms with Gasteiger partial charge in [0.2, 0.25) is 0 Å². The highest BCUT2D eigenvalue weighted by Gasteiger charge is 2.12. The van der Waals surface area contributed by atoms with E-state index in [0.717, 1.165) is 0 Å². The Kier molecular flexibility index (Phi) is 2.41. The van der Waals surface area contributed by atoms with E-state index in [1.165, 1.54) is 6.20 Å². The van der Waals surface area contributed by atoms with Gasteiger partial charge in [-0.1, -0.05) is 6.07 Å². The molecule has 0 spiro atoms. The second kappa shape index (κ2) is 3.88. The minimum atomic E-state index is -1.05. The quantitative estimate of drug-likeness (QED) is 0.803. The Morgan fingerprint density at radius 3 is 2.53 bits per heavy atom.